The first-order valence-electron chi connectivity index (χ1n) is 9.94. The largest absolute Gasteiger partial charge is 0.135 e. The van der Waals surface area contributed by atoms with Crippen molar-refractivity contribution < 1.29 is 0 Å². The molecule has 0 saturated heterocycles. The lowest BCUT2D eigenvalue weighted by Crippen LogP contribution is -2.16. The Balaban J connectivity index is 1.65. The molecule has 0 unspecified atom stereocenters. The number of thiophene rings is 1. The number of fused-ring (bicyclic) bond motifs is 3. The van der Waals surface area contributed by atoms with Gasteiger partial charge in [-0.05, 0) is 57.6 Å². The molecule has 0 nitrogen and oxygen atoms in total. The summed E-state index contributed by atoms with van der Waals surface area (Å²) in [5, 5.41) is 2.77. The monoisotopic (exact) mass is 390 g/mol. The van der Waals surface area contributed by atoms with Gasteiger partial charge in [-0.15, -0.1) is 11.3 Å². The smallest absolute Gasteiger partial charge is 0.0393 e. The van der Waals surface area contributed by atoms with Crippen LogP contribution in [0.2, 0.25) is 0 Å². The predicted octanol–water partition coefficient (Wildman–Crippen LogP) is 6.32. The van der Waals surface area contributed by atoms with E-state index >= 15 is 0 Å². The molecule has 1 aromatic heterocycles. The van der Waals surface area contributed by atoms with Gasteiger partial charge in [-0.3, -0.25) is 0 Å². The molecule has 29 heavy (non-hydrogen) atoms. The summed E-state index contributed by atoms with van der Waals surface area (Å²) in [6.45, 7) is 8.47. The molecule has 0 radical (unpaired) electrons. The Morgan fingerprint density at radius 2 is 1.55 bits per heavy atom. The maximum Gasteiger partial charge on any atom is 0.0393 e. The van der Waals surface area contributed by atoms with E-state index in [1.165, 1.54) is 42.1 Å². The van der Waals surface area contributed by atoms with Gasteiger partial charge < -0.3 is 0 Å². The number of allylic oxidation sites excluding steroid dienone is 8. The number of hydrogen-bond acceptors (Lipinski definition) is 1. The van der Waals surface area contributed by atoms with Gasteiger partial charge in [-0.1, -0.05) is 92.1 Å². The zero-order valence-corrected chi connectivity index (χ0v) is 17.1. The molecule has 0 saturated carbocycles. The summed E-state index contributed by atoms with van der Waals surface area (Å²) in [6.07, 6.45) is 13.1. The molecule has 1 heteroatoms. The summed E-state index contributed by atoms with van der Waals surface area (Å²) < 4.78 is 2.78. The van der Waals surface area contributed by atoms with Crippen LogP contribution in [0, 0.1) is 0 Å². The van der Waals surface area contributed by atoms with Gasteiger partial charge >= 0.3 is 0 Å². The average molecular weight is 391 g/mol. The summed E-state index contributed by atoms with van der Waals surface area (Å²) >= 11 is 1.91. The Labute approximate surface area is 175 Å². The van der Waals surface area contributed by atoms with Gasteiger partial charge in [0.15, 0.2) is 0 Å². The molecule has 0 N–H and O–H groups in total. The number of benzene rings is 2. The Morgan fingerprint density at radius 3 is 2.41 bits per heavy atom. The number of hydrogen-bond donors (Lipinski definition) is 0. The second-order valence-electron chi connectivity index (χ2n) is 7.51. The van der Waals surface area contributed by atoms with E-state index in [-0.39, 0.29) is 0 Å². The summed E-state index contributed by atoms with van der Waals surface area (Å²) in [5.41, 5.74) is 7.17. The van der Waals surface area contributed by atoms with Gasteiger partial charge in [0.2, 0.25) is 0 Å². The van der Waals surface area contributed by atoms with Gasteiger partial charge in [0, 0.05) is 14.6 Å². The van der Waals surface area contributed by atoms with Crippen LogP contribution in [-0.2, 0) is 0 Å². The molecular weight excluding hydrogens is 368 g/mol. The predicted molar refractivity (Wildman–Crippen MR) is 128 cm³/mol. The highest BCUT2D eigenvalue weighted by atomic mass is 32.1. The highest BCUT2D eigenvalue weighted by Crippen LogP contribution is 2.29. The topological polar surface area (TPSA) is 0 Å². The zero-order valence-electron chi connectivity index (χ0n) is 16.3. The molecule has 5 rings (SSSR count). The van der Waals surface area contributed by atoms with Crippen LogP contribution in [0.5, 0.6) is 0 Å². The Kier molecular flexibility index (Phi) is 4.54. The third-order valence-electron chi connectivity index (χ3n) is 5.68. The van der Waals surface area contributed by atoms with E-state index in [0.717, 1.165) is 24.0 Å². The lowest BCUT2D eigenvalue weighted by Gasteiger charge is -2.08. The fourth-order valence-corrected chi connectivity index (χ4v) is 5.34. The molecule has 2 aliphatic rings. The van der Waals surface area contributed by atoms with Crippen LogP contribution in [-0.4, -0.2) is 0 Å². The van der Waals surface area contributed by atoms with E-state index in [4.69, 9.17) is 0 Å². The third kappa shape index (κ3) is 3.28. The molecule has 1 heterocycles. The minimum Gasteiger partial charge on any atom is -0.135 e. The molecule has 2 aliphatic carbocycles. The van der Waals surface area contributed by atoms with Gasteiger partial charge in [-0.25, -0.2) is 0 Å². The first-order valence-corrected chi connectivity index (χ1v) is 10.8. The third-order valence-corrected chi connectivity index (χ3v) is 6.92. The van der Waals surface area contributed by atoms with Crippen molar-refractivity contribution in [2.75, 3.05) is 0 Å². The van der Waals surface area contributed by atoms with Crippen molar-refractivity contribution in [3.8, 4) is 0 Å². The van der Waals surface area contributed by atoms with E-state index in [2.05, 4.69) is 98.1 Å². The summed E-state index contributed by atoms with van der Waals surface area (Å²) in [5.74, 6) is 0. The molecule has 3 aromatic rings. The van der Waals surface area contributed by atoms with Crippen LogP contribution in [0.3, 0.4) is 0 Å². The highest BCUT2D eigenvalue weighted by molar-refractivity contribution is 7.17. The summed E-state index contributed by atoms with van der Waals surface area (Å²) in [4.78, 5) is 0. The van der Waals surface area contributed by atoms with Crippen LogP contribution in [0.15, 0.2) is 109 Å². The molecule has 0 spiro atoms. The molecular formula is C28H22S. The fourth-order valence-electron chi connectivity index (χ4n) is 4.06. The first kappa shape index (κ1) is 17.9. The Bertz CT molecular complexity index is 1350. The number of rotatable bonds is 2. The van der Waals surface area contributed by atoms with Gasteiger partial charge in [0.05, 0.1) is 0 Å². The lowest BCUT2D eigenvalue weighted by molar-refractivity contribution is 1.35. The summed E-state index contributed by atoms with van der Waals surface area (Å²) in [7, 11) is 0. The standard InChI is InChI=1S/C28H22S/c1-19-12-13-22(14-15-23(18-20(19)2)21-8-4-3-5-9-21)24-16-17-26-25-10-6-7-11-27(25)29-28(24)26/h3-14,17-18H,1-2,15-16H2/b13-12-,22-14+,23-18+. The van der Waals surface area contributed by atoms with Crippen LogP contribution >= 0.6 is 11.3 Å². The first-order chi connectivity index (χ1) is 14.2. The SMILES string of the molecule is C=C1/C=C\C(C2=c3sc4ccccc4c3=CC2)=C/C/C(c2ccccc2)=C\C1=C. The second-order valence-corrected chi connectivity index (χ2v) is 8.56. The maximum absolute atomic E-state index is 4.24. The average Bonchev–Trinajstić information content (AvgIpc) is 3.33. The fraction of sp³-hybridized carbons (Fsp3) is 0.0714. The van der Waals surface area contributed by atoms with Crippen molar-refractivity contribution in [1.29, 1.82) is 0 Å². The lowest BCUT2D eigenvalue weighted by atomic mass is 9.97. The quantitative estimate of drug-likeness (QED) is 0.480. The normalized spacial score (nSPS) is 21.3. The molecule has 0 amide bonds. The van der Waals surface area contributed by atoms with Gasteiger partial charge in [-0.2, -0.15) is 0 Å². The van der Waals surface area contributed by atoms with Crippen LogP contribution in [0.1, 0.15) is 18.4 Å². The Hall–Kier alpha value is -3.16. The minimum atomic E-state index is 0.875. The van der Waals surface area contributed by atoms with E-state index in [1.54, 1.807) is 0 Å². The Morgan fingerprint density at radius 1 is 0.759 bits per heavy atom. The zero-order chi connectivity index (χ0) is 19.8. The maximum atomic E-state index is 4.24. The molecule has 2 aromatic carbocycles. The van der Waals surface area contributed by atoms with E-state index in [1.807, 2.05) is 11.3 Å². The molecule has 0 atom stereocenters. The van der Waals surface area contributed by atoms with Crippen molar-refractivity contribution in [2.45, 2.75) is 12.8 Å². The van der Waals surface area contributed by atoms with Crippen molar-refractivity contribution >= 4 is 38.6 Å². The second kappa shape index (κ2) is 7.35. The van der Waals surface area contributed by atoms with Crippen molar-refractivity contribution in [3.05, 3.63) is 124 Å². The van der Waals surface area contributed by atoms with Gasteiger partial charge in [0.25, 0.3) is 0 Å². The van der Waals surface area contributed by atoms with E-state index < -0.39 is 0 Å². The minimum absolute atomic E-state index is 0.875. The molecule has 0 fully saturated rings. The summed E-state index contributed by atoms with van der Waals surface area (Å²) in [6, 6.07) is 19.3. The molecule has 0 bridgehead atoms. The van der Waals surface area contributed by atoms with E-state index in [0.29, 0.717) is 0 Å². The van der Waals surface area contributed by atoms with Gasteiger partial charge in [0.1, 0.15) is 0 Å². The van der Waals surface area contributed by atoms with Crippen molar-refractivity contribution in [1.82, 2.24) is 0 Å². The van der Waals surface area contributed by atoms with Crippen LogP contribution in [0.4, 0.5) is 0 Å². The van der Waals surface area contributed by atoms with Crippen LogP contribution < -0.4 is 9.75 Å². The van der Waals surface area contributed by atoms with Crippen molar-refractivity contribution in [2.24, 2.45) is 0 Å². The highest BCUT2D eigenvalue weighted by Gasteiger charge is 2.14. The van der Waals surface area contributed by atoms with E-state index in [9.17, 15) is 0 Å². The molecule has 140 valence electrons. The van der Waals surface area contributed by atoms with Crippen LogP contribution in [0.25, 0.3) is 27.3 Å². The van der Waals surface area contributed by atoms with Crippen molar-refractivity contribution in [3.63, 3.8) is 0 Å². The molecule has 0 aliphatic heterocycles.